The van der Waals surface area contributed by atoms with E-state index in [2.05, 4.69) is 16.0 Å². The number of carbonyl (C=O) groups excluding carboxylic acids is 2. The van der Waals surface area contributed by atoms with E-state index in [1.807, 2.05) is 6.92 Å². The topological polar surface area (TPSA) is 70.2 Å². The average Bonchev–Trinajstić information content (AvgIpc) is 2.06. The molecule has 3 atom stereocenters. The van der Waals surface area contributed by atoms with Crippen molar-refractivity contribution in [1.29, 1.82) is 0 Å². The van der Waals surface area contributed by atoms with E-state index in [9.17, 15) is 9.59 Å². The van der Waals surface area contributed by atoms with Gasteiger partial charge >= 0.3 is 6.03 Å². The summed E-state index contributed by atoms with van der Waals surface area (Å²) in [6.07, 6.45) is 1.87. The summed E-state index contributed by atoms with van der Waals surface area (Å²) in [7, 11) is 0. The van der Waals surface area contributed by atoms with Crippen LogP contribution in [0.15, 0.2) is 0 Å². The van der Waals surface area contributed by atoms with Gasteiger partial charge in [-0.2, -0.15) is 0 Å². The molecule has 2 saturated heterocycles. The standard InChI is InChI=1S/C8H13N3O2/c1-4-2-3-5-6(9-4)7(12)11-8(13)10-5/h4-6,9H,2-3H2,1H3,(H2,10,11,12,13). The van der Waals surface area contributed by atoms with Gasteiger partial charge < -0.3 is 10.6 Å². The first-order valence-corrected chi connectivity index (χ1v) is 4.54. The molecule has 0 aliphatic carbocycles. The van der Waals surface area contributed by atoms with Crippen molar-refractivity contribution >= 4 is 11.9 Å². The van der Waals surface area contributed by atoms with Gasteiger partial charge in [0.05, 0.1) is 6.04 Å². The smallest absolute Gasteiger partial charge is 0.321 e. The summed E-state index contributed by atoms with van der Waals surface area (Å²) in [6, 6.07) is -0.302. The lowest BCUT2D eigenvalue weighted by Gasteiger charge is -2.38. The lowest BCUT2D eigenvalue weighted by molar-refractivity contribution is -0.124. The molecule has 2 aliphatic rings. The molecule has 2 rings (SSSR count). The van der Waals surface area contributed by atoms with E-state index < -0.39 is 0 Å². The molecule has 0 aromatic carbocycles. The van der Waals surface area contributed by atoms with Crippen LogP contribution in [-0.4, -0.2) is 30.1 Å². The molecule has 3 unspecified atom stereocenters. The third-order valence-electron chi connectivity index (χ3n) is 2.61. The zero-order valence-corrected chi connectivity index (χ0v) is 7.46. The molecule has 2 aliphatic heterocycles. The Morgan fingerprint density at radius 2 is 2.08 bits per heavy atom. The van der Waals surface area contributed by atoms with Gasteiger partial charge in [0.2, 0.25) is 5.91 Å². The van der Waals surface area contributed by atoms with Gasteiger partial charge in [0.15, 0.2) is 0 Å². The van der Waals surface area contributed by atoms with E-state index in [0.29, 0.717) is 6.04 Å². The zero-order valence-electron chi connectivity index (χ0n) is 7.46. The van der Waals surface area contributed by atoms with Crippen molar-refractivity contribution in [3.8, 4) is 0 Å². The summed E-state index contributed by atoms with van der Waals surface area (Å²) in [6.45, 7) is 2.04. The molecule has 5 heteroatoms. The fraction of sp³-hybridized carbons (Fsp3) is 0.750. The third kappa shape index (κ3) is 1.51. The van der Waals surface area contributed by atoms with Gasteiger partial charge in [0.25, 0.3) is 0 Å². The largest absolute Gasteiger partial charge is 0.333 e. The number of rotatable bonds is 0. The van der Waals surface area contributed by atoms with E-state index in [1.165, 1.54) is 0 Å². The van der Waals surface area contributed by atoms with Crippen LogP contribution in [0, 0.1) is 0 Å². The Balaban J connectivity index is 2.11. The van der Waals surface area contributed by atoms with Crippen molar-refractivity contribution in [2.24, 2.45) is 0 Å². The van der Waals surface area contributed by atoms with Gasteiger partial charge in [-0.15, -0.1) is 0 Å². The Morgan fingerprint density at radius 1 is 1.31 bits per heavy atom. The Morgan fingerprint density at radius 3 is 2.85 bits per heavy atom. The average molecular weight is 183 g/mol. The summed E-state index contributed by atoms with van der Waals surface area (Å²) in [4.78, 5) is 22.3. The molecule has 5 nitrogen and oxygen atoms in total. The van der Waals surface area contributed by atoms with E-state index in [4.69, 9.17) is 0 Å². The molecule has 13 heavy (non-hydrogen) atoms. The number of fused-ring (bicyclic) bond motifs is 1. The van der Waals surface area contributed by atoms with Crippen LogP contribution >= 0.6 is 0 Å². The van der Waals surface area contributed by atoms with Crippen LogP contribution in [0.3, 0.4) is 0 Å². The molecular formula is C8H13N3O2. The molecule has 2 heterocycles. The highest BCUT2D eigenvalue weighted by molar-refractivity contribution is 6.00. The van der Waals surface area contributed by atoms with Gasteiger partial charge in [0, 0.05) is 6.04 Å². The number of imide groups is 1. The molecule has 2 fully saturated rings. The molecule has 0 saturated carbocycles. The maximum Gasteiger partial charge on any atom is 0.321 e. The summed E-state index contributed by atoms with van der Waals surface area (Å²) >= 11 is 0. The highest BCUT2D eigenvalue weighted by atomic mass is 16.2. The molecular weight excluding hydrogens is 170 g/mol. The van der Waals surface area contributed by atoms with Gasteiger partial charge in [-0.3, -0.25) is 10.1 Å². The summed E-state index contributed by atoms with van der Waals surface area (Å²) < 4.78 is 0. The lowest BCUT2D eigenvalue weighted by atomic mass is 9.92. The van der Waals surface area contributed by atoms with E-state index in [-0.39, 0.29) is 24.0 Å². The normalized spacial score (nSPS) is 39.0. The molecule has 72 valence electrons. The van der Waals surface area contributed by atoms with Crippen LogP contribution in [-0.2, 0) is 4.79 Å². The van der Waals surface area contributed by atoms with Crippen LogP contribution in [0.5, 0.6) is 0 Å². The first-order chi connectivity index (χ1) is 6.16. The number of hydrogen-bond donors (Lipinski definition) is 3. The number of amides is 3. The fourth-order valence-electron chi connectivity index (χ4n) is 1.91. The minimum Gasteiger partial charge on any atom is -0.333 e. The minimum atomic E-state index is -0.373. The number of carbonyl (C=O) groups is 2. The second-order valence-electron chi connectivity index (χ2n) is 3.69. The Hall–Kier alpha value is -1.10. The zero-order chi connectivity index (χ0) is 9.42. The molecule has 0 bridgehead atoms. The molecule has 0 aromatic rings. The van der Waals surface area contributed by atoms with Gasteiger partial charge in [-0.05, 0) is 19.8 Å². The van der Waals surface area contributed by atoms with Gasteiger partial charge in [0.1, 0.15) is 6.04 Å². The Labute approximate surface area is 76.3 Å². The second-order valence-corrected chi connectivity index (χ2v) is 3.69. The van der Waals surface area contributed by atoms with E-state index in [0.717, 1.165) is 12.8 Å². The molecule has 0 spiro atoms. The van der Waals surface area contributed by atoms with Crippen LogP contribution < -0.4 is 16.0 Å². The molecule has 3 amide bonds. The first-order valence-electron chi connectivity index (χ1n) is 4.54. The Kier molecular flexibility index (Phi) is 1.95. The van der Waals surface area contributed by atoms with Crippen molar-refractivity contribution in [3.63, 3.8) is 0 Å². The number of urea groups is 1. The summed E-state index contributed by atoms with van der Waals surface area (Å²) in [5.41, 5.74) is 0. The van der Waals surface area contributed by atoms with Crippen LogP contribution in [0.1, 0.15) is 19.8 Å². The molecule has 0 aromatic heterocycles. The lowest BCUT2D eigenvalue weighted by Crippen LogP contribution is -2.68. The highest BCUT2D eigenvalue weighted by Gasteiger charge is 2.38. The maximum atomic E-state index is 11.4. The second kappa shape index (κ2) is 2.99. The summed E-state index contributed by atoms with van der Waals surface area (Å²) in [5, 5.41) is 8.15. The number of piperidine rings is 1. The minimum absolute atomic E-state index is 0.0301. The number of hydrogen-bond acceptors (Lipinski definition) is 3. The van der Waals surface area contributed by atoms with Crippen molar-refractivity contribution in [1.82, 2.24) is 16.0 Å². The quantitative estimate of drug-likeness (QED) is 0.466. The predicted octanol–water partition coefficient (Wildman–Crippen LogP) is -0.665. The predicted molar refractivity (Wildman–Crippen MR) is 46.1 cm³/mol. The third-order valence-corrected chi connectivity index (χ3v) is 2.61. The van der Waals surface area contributed by atoms with Crippen LogP contribution in [0.25, 0.3) is 0 Å². The Bertz CT molecular complexity index is 254. The van der Waals surface area contributed by atoms with Crippen molar-refractivity contribution in [3.05, 3.63) is 0 Å². The van der Waals surface area contributed by atoms with Crippen molar-refractivity contribution < 1.29 is 9.59 Å². The van der Waals surface area contributed by atoms with Gasteiger partial charge in [-0.25, -0.2) is 4.79 Å². The number of nitrogens with one attached hydrogen (secondary N) is 3. The van der Waals surface area contributed by atoms with E-state index >= 15 is 0 Å². The molecule has 0 radical (unpaired) electrons. The summed E-state index contributed by atoms with van der Waals surface area (Å²) in [5.74, 6) is -0.208. The monoisotopic (exact) mass is 183 g/mol. The van der Waals surface area contributed by atoms with Crippen molar-refractivity contribution in [2.75, 3.05) is 0 Å². The molecule has 3 N–H and O–H groups in total. The fourth-order valence-corrected chi connectivity index (χ4v) is 1.91. The maximum absolute atomic E-state index is 11.4. The SMILES string of the molecule is CC1CCC2NC(=O)NC(=O)C2N1. The first kappa shape index (κ1) is 8.50. The van der Waals surface area contributed by atoms with Crippen LogP contribution in [0.2, 0.25) is 0 Å². The van der Waals surface area contributed by atoms with Gasteiger partial charge in [-0.1, -0.05) is 0 Å². The van der Waals surface area contributed by atoms with Crippen LogP contribution in [0.4, 0.5) is 4.79 Å². The van der Waals surface area contributed by atoms with E-state index in [1.54, 1.807) is 0 Å². The highest BCUT2D eigenvalue weighted by Crippen LogP contribution is 2.15. The van der Waals surface area contributed by atoms with Crippen molar-refractivity contribution in [2.45, 2.75) is 37.9 Å².